The molecule has 0 nitrogen and oxygen atoms in total. The summed E-state index contributed by atoms with van der Waals surface area (Å²) >= 11 is 3.67. The molecular formula is C38H31Br. The molecule has 0 heterocycles. The van der Waals surface area contributed by atoms with E-state index in [1.807, 2.05) is 0 Å². The zero-order valence-electron chi connectivity index (χ0n) is 22.0. The Morgan fingerprint density at radius 1 is 0.513 bits per heavy atom. The molecule has 190 valence electrons. The second-order valence-electron chi connectivity index (χ2n) is 12.7. The van der Waals surface area contributed by atoms with Gasteiger partial charge in [0.05, 0.1) is 0 Å². The first-order chi connectivity index (χ1) is 19.2. The Labute approximate surface area is 239 Å². The Bertz CT molecular complexity index is 1760. The quantitative estimate of drug-likeness (QED) is 0.199. The van der Waals surface area contributed by atoms with Crippen LogP contribution in [0.5, 0.6) is 0 Å². The van der Waals surface area contributed by atoms with E-state index < -0.39 is 0 Å². The molecule has 0 aliphatic heterocycles. The van der Waals surface area contributed by atoms with Crippen molar-refractivity contribution in [1.82, 2.24) is 0 Å². The SMILES string of the molecule is Brc1cccc(-c2cccc(-c3cc4c(c5ccccc35)-c3ccccc3C43C4CC5CC(C4)CC3C5)c2)c1. The van der Waals surface area contributed by atoms with Gasteiger partial charge < -0.3 is 0 Å². The second kappa shape index (κ2) is 8.18. The number of rotatable bonds is 2. The van der Waals surface area contributed by atoms with Gasteiger partial charge in [-0.05, 0) is 135 Å². The van der Waals surface area contributed by atoms with Crippen LogP contribution in [0.2, 0.25) is 0 Å². The molecule has 0 N–H and O–H groups in total. The average molecular weight is 568 g/mol. The molecule has 0 atom stereocenters. The van der Waals surface area contributed by atoms with Gasteiger partial charge in [-0.25, -0.2) is 0 Å². The van der Waals surface area contributed by atoms with E-state index in [2.05, 4.69) is 119 Å². The van der Waals surface area contributed by atoms with Crippen LogP contribution in [-0.4, -0.2) is 0 Å². The van der Waals surface area contributed by atoms with Gasteiger partial charge in [0, 0.05) is 9.89 Å². The molecule has 1 heteroatoms. The standard InChI is InChI=1S/C38H31Br/c39-30-10-6-8-26(21-30)25-7-5-9-27(20-25)34-22-36-37(32-12-2-1-11-31(32)34)33-13-3-4-14-35(33)38(36)28-16-23-15-24(18-28)19-29(38)17-23/h1-14,20-24,28-29H,15-19H2. The largest absolute Gasteiger partial charge is 0.0619 e. The third kappa shape index (κ3) is 3.06. The Hall–Kier alpha value is -3.16. The summed E-state index contributed by atoms with van der Waals surface area (Å²) in [5.74, 6) is 3.46. The highest BCUT2D eigenvalue weighted by atomic mass is 79.9. The summed E-state index contributed by atoms with van der Waals surface area (Å²) in [6.07, 6.45) is 7.16. The Morgan fingerprint density at radius 3 is 1.92 bits per heavy atom. The molecule has 4 saturated carbocycles. The zero-order valence-corrected chi connectivity index (χ0v) is 23.6. The van der Waals surface area contributed by atoms with Crippen LogP contribution in [0.4, 0.5) is 0 Å². The lowest BCUT2D eigenvalue weighted by atomic mass is 9.43. The lowest BCUT2D eigenvalue weighted by Crippen LogP contribution is -2.55. The first-order valence-electron chi connectivity index (χ1n) is 14.7. The molecule has 1 spiro atoms. The summed E-state index contributed by atoms with van der Waals surface area (Å²) in [4.78, 5) is 0. The zero-order chi connectivity index (χ0) is 25.7. The van der Waals surface area contributed by atoms with E-state index >= 15 is 0 Å². The molecule has 0 saturated heterocycles. The molecule has 5 aromatic carbocycles. The van der Waals surface area contributed by atoms with Crippen LogP contribution in [0.1, 0.15) is 43.2 Å². The van der Waals surface area contributed by atoms with Gasteiger partial charge in [0.25, 0.3) is 0 Å². The van der Waals surface area contributed by atoms with Gasteiger partial charge in [-0.1, -0.05) is 94.8 Å². The van der Waals surface area contributed by atoms with Crippen molar-refractivity contribution in [3.63, 3.8) is 0 Å². The van der Waals surface area contributed by atoms with Crippen LogP contribution in [0.3, 0.4) is 0 Å². The van der Waals surface area contributed by atoms with Crippen molar-refractivity contribution in [2.45, 2.75) is 37.5 Å². The van der Waals surface area contributed by atoms with Gasteiger partial charge in [-0.3, -0.25) is 0 Å². The van der Waals surface area contributed by atoms with Gasteiger partial charge >= 0.3 is 0 Å². The molecule has 0 amide bonds. The Morgan fingerprint density at radius 2 is 1.15 bits per heavy atom. The van der Waals surface area contributed by atoms with Gasteiger partial charge in [0.15, 0.2) is 0 Å². The summed E-state index contributed by atoms with van der Waals surface area (Å²) in [6, 6.07) is 39.2. The van der Waals surface area contributed by atoms with E-state index in [0.717, 1.165) is 28.1 Å². The molecule has 4 fully saturated rings. The van der Waals surface area contributed by atoms with Crippen molar-refractivity contribution >= 4 is 26.7 Å². The van der Waals surface area contributed by atoms with Crippen LogP contribution in [0.15, 0.2) is 108 Å². The van der Waals surface area contributed by atoms with E-state index in [1.54, 1.807) is 11.1 Å². The minimum Gasteiger partial charge on any atom is -0.0619 e. The van der Waals surface area contributed by atoms with E-state index in [0.29, 0.717) is 0 Å². The molecule has 0 aromatic heterocycles. The van der Waals surface area contributed by atoms with Gasteiger partial charge in [-0.15, -0.1) is 0 Å². The summed E-state index contributed by atoms with van der Waals surface area (Å²) < 4.78 is 1.12. The van der Waals surface area contributed by atoms with E-state index in [1.165, 1.54) is 76.3 Å². The number of hydrogen-bond donors (Lipinski definition) is 0. The summed E-state index contributed by atoms with van der Waals surface area (Å²) in [7, 11) is 0. The third-order valence-corrected chi connectivity index (χ3v) is 11.4. The van der Waals surface area contributed by atoms with E-state index in [9.17, 15) is 0 Å². The number of halogens is 1. The molecule has 5 aromatic rings. The first kappa shape index (κ1) is 22.6. The fourth-order valence-corrected chi connectivity index (χ4v) is 10.2. The molecule has 10 rings (SSSR count). The van der Waals surface area contributed by atoms with Gasteiger partial charge in [0.1, 0.15) is 0 Å². The second-order valence-corrected chi connectivity index (χ2v) is 13.6. The topological polar surface area (TPSA) is 0 Å². The monoisotopic (exact) mass is 566 g/mol. The minimum absolute atomic E-state index is 0.181. The number of hydrogen-bond acceptors (Lipinski definition) is 0. The lowest BCUT2D eigenvalue weighted by Gasteiger charge is -2.61. The Kier molecular flexibility index (Phi) is 4.75. The minimum atomic E-state index is 0.181. The maximum absolute atomic E-state index is 3.67. The van der Waals surface area contributed by atoms with Gasteiger partial charge in [0.2, 0.25) is 0 Å². The highest BCUT2D eigenvalue weighted by Gasteiger charge is 2.61. The van der Waals surface area contributed by atoms with Crippen LogP contribution < -0.4 is 0 Å². The smallest absolute Gasteiger partial charge is 0.0272 e. The highest BCUT2D eigenvalue weighted by molar-refractivity contribution is 9.10. The lowest BCUT2D eigenvalue weighted by molar-refractivity contribution is -0.0399. The third-order valence-electron chi connectivity index (χ3n) is 10.9. The fourth-order valence-electron chi connectivity index (χ4n) is 9.78. The van der Waals surface area contributed by atoms with Crippen molar-refractivity contribution in [2.24, 2.45) is 23.7 Å². The first-order valence-corrected chi connectivity index (χ1v) is 15.5. The van der Waals surface area contributed by atoms with Crippen LogP contribution in [0.25, 0.3) is 44.2 Å². The molecule has 39 heavy (non-hydrogen) atoms. The van der Waals surface area contributed by atoms with Crippen molar-refractivity contribution in [2.75, 3.05) is 0 Å². The van der Waals surface area contributed by atoms with Crippen molar-refractivity contribution in [3.8, 4) is 33.4 Å². The highest BCUT2D eigenvalue weighted by Crippen LogP contribution is 2.70. The normalized spacial score (nSPS) is 27.7. The van der Waals surface area contributed by atoms with E-state index in [4.69, 9.17) is 0 Å². The predicted molar refractivity (Wildman–Crippen MR) is 166 cm³/mol. The molecule has 4 bridgehead atoms. The summed E-state index contributed by atoms with van der Waals surface area (Å²) in [6.45, 7) is 0. The predicted octanol–water partition coefficient (Wildman–Crippen LogP) is 10.7. The number of benzene rings is 5. The fraction of sp³-hybridized carbons (Fsp3) is 0.263. The Balaban J connectivity index is 1.33. The van der Waals surface area contributed by atoms with Crippen LogP contribution in [0, 0.1) is 23.7 Å². The van der Waals surface area contributed by atoms with Crippen molar-refractivity contribution in [1.29, 1.82) is 0 Å². The molecule has 5 aliphatic rings. The van der Waals surface area contributed by atoms with Crippen LogP contribution >= 0.6 is 15.9 Å². The summed E-state index contributed by atoms with van der Waals surface area (Å²) in [5, 5.41) is 2.80. The maximum Gasteiger partial charge on any atom is 0.0272 e. The molecule has 0 unspecified atom stereocenters. The van der Waals surface area contributed by atoms with Crippen molar-refractivity contribution < 1.29 is 0 Å². The molecular weight excluding hydrogens is 536 g/mol. The van der Waals surface area contributed by atoms with Crippen molar-refractivity contribution in [3.05, 3.63) is 119 Å². The summed E-state index contributed by atoms with van der Waals surface area (Å²) in [5.41, 5.74) is 11.7. The number of fused-ring (bicyclic) bond motifs is 5. The van der Waals surface area contributed by atoms with Gasteiger partial charge in [-0.2, -0.15) is 0 Å². The average Bonchev–Trinajstić information content (AvgIpc) is 3.26. The molecule has 0 radical (unpaired) electrons. The van der Waals surface area contributed by atoms with Crippen LogP contribution in [-0.2, 0) is 5.41 Å². The molecule has 5 aliphatic carbocycles. The van der Waals surface area contributed by atoms with E-state index in [-0.39, 0.29) is 5.41 Å². The maximum atomic E-state index is 3.67.